The van der Waals surface area contributed by atoms with Gasteiger partial charge in [-0.2, -0.15) is 0 Å². The van der Waals surface area contributed by atoms with Crippen molar-refractivity contribution in [3.05, 3.63) is 35.9 Å². The lowest BCUT2D eigenvalue weighted by molar-refractivity contribution is 1.03. The molecule has 0 aromatic carbocycles. The molecular formula is C12H11N5S2. The number of hydrogen-bond acceptors (Lipinski definition) is 7. The van der Waals surface area contributed by atoms with Gasteiger partial charge in [0.2, 0.25) is 0 Å². The van der Waals surface area contributed by atoms with Crippen LogP contribution in [0.1, 0.15) is 5.82 Å². The van der Waals surface area contributed by atoms with Gasteiger partial charge in [-0.3, -0.25) is 0 Å². The molecule has 0 fully saturated rings. The Bertz CT molecular complexity index is 683. The first-order valence-electron chi connectivity index (χ1n) is 5.67. The van der Waals surface area contributed by atoms with Crippen molar-refractivity contribution in [3.63, 3.8) is 0 Å². The van der Waals surface area contributed by atoms with E-state index in [9.17, 15) is 0 Å². The monoisotopic (exact) mass is 289 g/mol. The van der Waals surface area contributed by atoms with Gasteiger partial charge < -0.3 is 5.32 Å². The first kappa shape index (κ1) is 12.3. The zero-order chi connectivity index (χ0) is 13.1. The number of fused-ring (bicyclic) bond motifs is 1. The summed E-state index contributed by atoms with van der Waals surface area (Å²) in [5.74, 6) is 2.38. The fourth-order valence-corrected chi connectivity index (χ4v) is 3.12. The Labute approximate surface area is 118 Å². The molecule has 96 valence electrons. The van der Waals surface area contributed by atoms with Crippen molar-refractivity contribution in [2.75, 3.05) is 12.4 Å². The summed E-state index contributed by atoms with van der Waals surface area (Å²) in [6, 6.07) is 3.92. The van der Waals surface area contributed by atoms with Gasteiger partial charge in [-0.25, -0.2) is 19.9 Å². The molecule has 0 aliphatic rings. The van der Waals surface area contributed by atoms with Crippen LogP contribution >= 0.6 is 23.1 Å². The minimum atomic E-state index is 0.694. The van der Waals surface area contributed by atoms with Crippen LogP contribution in [0.4, 0.5) is 5.82 Å². The lowest BCUT2D eigenvalue weighted by Crippen LogP contribution is -1.99. The summed E-state index contributed by atoms with van der Waals surface area (Å²) in [5.41, 5.74) is 0. The van der Waals surface area contributed by atoms with Gasteiger partial charge in [-0.1, -0.05) is 11.8 Å². The van der Waals surface area contributed by atoms with Crippen LogP contribution in [0, 0.1) is 0 Å². The number of aromatic nitrogens is 4. The van der Waals surface area contributed by atoms with Crippen molar-refractivity contribution in [2.24, 2.45) is 0 Å². The second-order valence-electron chi connectivity index (χ2n) is 3.71. The Morgan fingerprint density at radius 3 is 3.05 bits per heavy atom. The SMILES string of the molecule is CNc1nc(CSc2ccncn2)nc2sccc12. The highest BCUT2D eigenvalue weighted by Crippen LogP contribution is 2.26. The molecule has 3 aromatic heterocycles. The van der Waals surface area contributed by atoms with Crippen LogP contribution in [-0.2, 0) is 5.75 Å². The van der Waals surface area contributed by atoms with Crippen molar-refractivity contribution < 1.29 is 0 Å². The largest absolute Gasteiger partial charge is 0.372 e. The normalized spacial score (nSPS) is 10.8. The third-order valence-corrected chi connectivity index (χ3v) is 4.26. The summed E-state index contributed by atoms with van der Waals surface area (Å²) < 4.78 is 0. The molecule has 0 amide bonds. The van der Waals surface area contributed by atoms with Crippen LogP contribution in [0.15, 0.2) is 35.1 Å². The zero-order valence-electron chi connectivity index (χ0n) is 10.2. The van der Waals surface area contributed by atoms with Gasteiger partial charge in [-0.05, 0) is 17.5 Å². The molecule has 0 saturated heterocycles. The number of nitrogens with one attached hydrogen (secondary N) is 1. The van der Waals surface area contributed by atoms with Gasteiger partial charge in [-0.15, -0.1) is 11.3 Å². The smallest absolute Gasteiger partial charge is 0.142 e. The molecule has 0 atom stereocenters. The van der Waals surface area contributed by atoms with Crippen LogP contribution in [-0.4, -0.2) is 27.0 Å². The maximum absolute atomic E-state index is 4.56. The van der Waals surface area contributed by atoms with E-state index in [0.29, 0.717) is 5.75 Å². The zero-order valence-corrected chi connectivity index (χ0v) is 11.8. The highest BCUT2D eigenvalue weighted by Gasteiger charge is 2.08. The molecule has 0 spiro atoms. The van der Waals surface area contributed by atoms with Crippen molar-refractivity contribution in [1.82, 2.24) is 19.9 Å². The molecule has 3 rings (SSSR count). The molecule has 3 heterocycles. The maximum atomic E-state index is 4.56. The second kappa shape index (κ2) is 5.50. The molecular weight excluding hydrogens is 278 g/mol. The van der Waals surface area contributed by atoms with E-state index in [0.717, 1.165) is 26.9 Å². The lowest BCUT2D eigenvalue weighted by atomic mass is 10.4. The summed E-state index contributed by atoms with van der Waals surface area (Å²) in [7, 11) is 1.88. The fraction of sp³-hybridized carbons (Fsp3) is 0.167. The van der Waals surface area contributed by atoms with Crippen molar-refractivity contribution in [2.45, 2.75) is 10.8 Å². The third-order valence-electron chi connectivity index (χ3n) is 2.51. The van der Waals surface area contributed by atoms with Gasteiger partial charge in [0.25, 0.3) is 0 Å². The average Bonchev–Trinajstić information content (AvgIpc) is 2.93. The Hall–Kier alpha value is -1.73. The van der Waals surface area contributed by atoms with E-state index in [4.69, 9.17) is 0 Å². The van der Waals surface area contributed by atoms with Gasteiger partial charge in [0, 0.05) is 13.2 Å². The first-order chi connectivity index (χ1) is 9.36. The highest BCUT2D eigenvalue weighted by molar-refractivity contribution is 7.98. The number of nitrogens with zero attached hydrogens (tertiary/aromatic N) is 4. The molecule has 0 aliphatic heterocycles. The Morgan fingerprint density at radius 1 is 1.32 bits per heavy atom. The topological polar surface area (TPSA) is 63.6 Å². The van der Waals surface area contributed by atoms with E-state index in [-0.39, 0.29) is 0 Å². The molecule has 19 heavy (non-hydrogen) atoms. The first-order valence-corrected chi connectivity index (χ1v) is 7.54. The summed E-state index contributed by atoms with van der Waals surface area (Å²) in [4.78, 5) is 18.2. The molecule has 3 aromatic rings. The summed E-state index contributed by atoms with van der Waals surface area (Å²) in [5, 5.41) is 7.14. The minimum absolute atomic E-state index is 0.694. The van der Waals surface area contributed by atoms with Crippen molar-refractivity contribution in [3.8, 4) is 0 Å². The maximum Gasteiger partial charge on any atom is 0.142 e. The van der Waals surface area contributed by atoms with Crippen molar-refractivity contribution >= 4 is 39.1 Å². The minimum Gasteiger partial charge on any atom is -0.372 e. The number of hydrogen-bond donors (Lipinski definition) is 1. The van der Waals surface area contributed by atoms with E-state index < -0.39 is 0 Å². The van der Waals surface area contributed by atoms with Gasteiger partial charge in [0.05, 0.1) is 16.2 Å². The number of rotatable bonds is 4. The van der Waals surface area contributed by atoms with Crippen LogP contribution in [0.2, 0.25) is 0 Å². The Kier molecular flexibility index (Phi) is 3.56. The third kappa shape index (κ3) is 2.66. The van der Waals surface area contributed by atoms with Crippen LogP contribution in [0.3, 0.4) is 0 Å². The van der Waals surface area contributed by atoms with Crippen LogP contribution in [0.25, 0.3) is 10.2 Å². The predicted molar refractivity (Wildman–Crippen MR) is 78.6 cm³/mol. The highest BCUT2D eigenvalue weighted by atomic mass is 32.2. The number of thioether (sulfide) groups is 1. The molecule has 0 bridgehead atoms. The Balaban J connectivity index is 1.85. The molecule has 0 aliphatic carbocycles. The fourth-order valence-electron chi connectivity index (χ4n) is 1.66. The van der Waals surface area contributed by atoms with Crippen molar-refractivity contribution in [1.29, 1.82) is 0 Å². The summed E-state index contributed by atoms with van der Waals surface area (Å²) in [6.45, 7) is 0. The molecule has 0 saturated carbocycles. The molecule has 0 radical (unpaired) electrons. The standard InChI is InChI=1S/C12H11N5S2/c1-13-11-8-3-5-18-12(8)17-9(16-11)6-19-10-2-4-14-7-15-10/h2-5,7H,6H2,1H3,(H,13,16,17). The van der Waals surface area contributed by atoms with Crippen LogP contribution < -0.4 is 5.32 Å². The molecule has 7 heteroatoms. The van der Waals surface area contributed by atoms with Crippen LogP contribution in [0.5, 0.6) is 0 Å². The van der Waals surface area contributed by atoms with E-state index in [2.05, 4.69) is 25.3 Å². The number of thiophene rings is 1. The van der Waals surface area contributed by atoms with E-state index in [1.54, 1.807) is 35.6 Å². The van der Waals surface area contributed by atoms with Gasteiger partial charge >= 0.3 is 0 Å². The summed E-state index contributed by atoms with van der Waals surface area (Å²) >= 11 is 3.23. The average molecular weight is 289 g/mol. The predicted octanol–water partition coefficient (Wildman–Crippen LogP) is 2.82. The number of anilines is 1. The van der Waals surface area contributed by atoms with Gasteiger partial charge in [0.1, 0.15) is 22.8 Å². The quantitative estimate of drug-likeness (QED) is 0.588. The second-order valence-corrected chi connectivity index (χ2v) is 5.60. The van der Waals surface area contributed by atoms with E-state index >= 15 is 0 Å². The van der Waals surface area contributed by atoms with Gasteiger partial charge in [0.15, 0.2) is 0 Å². The molecule has 0 unspecified atom stereocenters. The summed E-state index contributed by atoms with van der Waals surface area (Å²) in [6.07, 6.45) is 3.28. The Morgan fingerprint density at radius 2 is 2.26 bits per heavy atom. The molecule has 5 nitrogen and oxygen atoms in total. The lowest BCUT2D eigenvalue weighted by Gasteiger charge is -2.04. The molecule has 1 N–H and O–H groups in total. The van der Waals surface area contributed by atoms with E-state index in [1.807, 2.05) is 24.6 Å². The van der Waals surface area contributed by atoms with E-state index in [1.165, 1.54) is 0 Å².